The van der Waals surface area contributed by atoms with E-state index in [4.69, 9.17) is 4.74 Å². The number of ether oxygens (including phenoxy) is 1. The molecule has 1 aliphatic carbocycles. The zero-order valence-electron chi connectivity index (χ0n) is 13.1. The van der Waals surface area contributed by atoms with E-state index in [9.17, 15) is 13.2 Å². The Morgan fingerprint density at radius 2 is 2.05 bits per heavy atom. The van der Waals surface area contributed by atoms with Crippen LogP contribution in [0.4, 0.5) is 0 Å². The fourth-order valence-corrected chi connectivity index (χ4v) is 4.17. The van der Waals surface area contributed by atoms with Gasteiger partial charge in [0.15, 0.2) is 0 Å². The third-order valence-corrected chi connectivity index (χ3v) is 5.98. The van der Waals surface area contributed by atoms with Crippen LogP contribution >= 0.6 is 0 Å². The second-order valence-electron chi connectivity index (χ2n) is 5.79. The van der Waals surface area contributed by atoms with E-state index in [-0.39, 0.29) is 18.1 Å². The number of rotatable bonds is 7. The number of sulfonamides is 1. The second kappa shape index (κ2) is 8.64. The number of allylic oxidation sites excluding steroid dienone is 1. The summed E-state index contributed by atoms with van der Waals surface area (Å²) < 4.78 is 30.7. The first kappa shape index (κ1) is 17.4. The normalized spacial score (nSPS) is 20.5. The molecule has 0 aromatic heterocycles. The van der Waals surface area contributed by atoms with Gasteiger partial charge in [-0.3, -0.25) is 4.79 Å². The van der Waals surface area contributed by atoms with Crippen molar-refractivity contribution >= 4 is 15.9 Å². The van der Waals surface area contributed by atoms with Crippen molar-refractivity contribution in [2.24, 2.45) is 0 Å². The fourth-order valence-electron chi connectivity index (χ4n) is 2.76. The van der Waals surface area contributed by atoms with Gasteiger partial charge in [-0.05, 0) is 32.1 Å². The van der Waals surface area contributed by atoms with Crippen LogP contribution in [0.2, 0.25) is 0 Å². The van der Waals surface area contributed by atoms with Crippen LogP contribution in [0, 0.1) is 0 Å². The van der Waals surface area contributed by atoms with Gasteiger partial charge in [-0.1, -0.05) is 11.6 Å². The lowest BCUT2D eigenvalue weighted by Gasteiger charge is -2.25. The van der Waals surface area contributed by atoms with Crippen LogP contribution in [0.1, 0.15) is 38.5 Å². The van der Waals surface area contributed by atoms with E-state index in [1.54, 1.807) is 0 Å². The molecule has 0 aromatic rings. The summed E-state index contributed by atoms with van der Waals surface area (Å²) in [5.41, 5.74) is 1.41. The van der Waals surface area contributed by atoms with Crippen molar-refractivity contribution in [3.05, 3.63) is 11.6 Å². The van der Waals surface area contributed by atoms with Gasteiger partial charge >= 0.3 is 0 Å². The molecular formula is C15H26N2O4S. The zero-order valence-corrected chi connectivity index (χ0v) is 13.9. The van der Waals surface area contributed by atoms with Gasteiger partial charge in [0.25, 0.3) is 0 Å². The van der Waals surface area contributed by atoms with E-state index >= 15 is 0 Å². The quantitative estimate of drug-likeness (QED) is 0.708. The maximum absolute atomic E-state index is 12.1. The van der Waals surface area contributed by atoms with E-state index < -0.39 is 10.0 Å². The molecule has 1 heterocycles. The fraction of sp³-hybridized carbons (Fsp3) is 0.800. The Balaban J connectivity index is 1.65. The van der Waals surface area contributed by atoms with Crippen LogP contribution in [-0.2, 0) is 19.6 Å². The van der Waals surface area contributed by atoms with E-state index in [1.807, 2.05) is 0 Å². The van der Waals surface area contributed by atoms with Gasteiger partial charge in [0.2, 0.25) is 15.9 Å². The molecule has 0 aromatic carbocycles. The average Bonchev–Trinajstić information content (AvgIpc) is 2.55. The lowest BCUT2D eigenvalue weighted by molar-refractivity contribution is -0.120. The number of nitrogens with zero attached hydrogens (tertiary/aromatic N) is 1. The summed E-state index contributed by atoms with van der Waals surface area (Å²) in [7, 11) is -3.34. The summed E-state index contributed by atoms with van der Waals surface area (Å²) in [5.74, 6) is -0.310. The van der Waals surface area contributed by atoms with E-state index in [0.717, 1.165) is 19.3 Å². The highest BCUT2D eigenvalue weighted by Crippen LogP contribution is 2.19. The number of hydrogen-bond donors (Lipinski definition) is 1. The summed E-state index contributed by atoms with van der Waals surface area (Å²) >= 11 is 0. The van der Waals surface area contributed by atoms with Crippen molar-refractivity contribution in [3.8, 4) is 0 Å². The average molecular weight is 330 g/mol. The minimum Gasteiger partial charge on any atom is -0.379 e. The smallest absolute Gasteiger partial charge is 0.221 e. The van der Waals surface area contributed by atoms with Crippen LogP contribution in [0.15, 0.2) is 11.6 Å². The zero-order chi connectivity index (χ0) is 15.8. The first-order valence-corrected chi connectivity index (χ1v) is 9.69. The number of hydrogen-bond acceptors (Lipinski definition) is 4. The predicted molar refractivity (Wildman–Crippen MR) is 85.0 cm³/mol. The largest absolute Gasteiger partial charge is 0.379 e. The highest BCUT2D eigenvalue weighted by atomic mass is 32.2. The second-order valence-corrected chi connectivity index (χ2v) is 7.87. The van der Waals surface area contributed by atoms with Crippen LogP contribution in [0.25, 0.3) is 0 Å². The Kier molecular flexibility index (Phi) is 6.85. The first-order valence-electron chi connectivity index (χ1n) is 8.08. The summed E-state index contributed by atoms with van der Waals surface area (Å²) in [5, 5.41) is 2.82. The number of amides is 1. The molecule has 126 valence electrons. The molecule has 1 saturated heterocycles. The topological polar surface area (TPSA) is 75.7 Å². The Morgan fingerprint density at radius 1 is 1.27 bits per heavy atom. The van der Waals surface area contributed by atoms with Gasteiger partial charge in [0.05, 0.1) is 19.0 Å². The van der Waals surface area contributed by atoms with Gasteiger partial charge < -0.3 is 10.1 Å². The third-order valence-electron chi connectivity index (χ3n) is 4.10. The van der Waals surface area contributed by atoms with Crippen molar-refractivity contribution in [1.29, 1.82) is 0 Å². The summed E-state index contributed by atoms with van der Waals surface area (Å²) in [6.45, 7) is 2.24. The number of nitrogens with one attached hydrogen (secondary N) is 1. The van der Waals surface area contributed by atoms with Gasteiger partial charge in [-0.15, -0.1) is 0 Å². The summed E-state index contributed by atoms with van der Waals surface area (Å²) in [4.78, 5) is 11.8. The molecule has 0 saturated carbocycles. The lowest BCUT2D eigenvalue weighted by atomic mass is 9.97. The Bertz CT molecular complexity index is 496. The van der Waals surface area contributed by atoms with Gasteiger partial charge in [-0.25, -0.2) is 8.42 Å². The molecule has 2 aliphatic rings. The highest BCUT2D eigenvalue weighted by molar-refractivity contribution is 7.89. The molecule has 1 aliphatic heterocycles. The van der Waals surface area contributed by atoms with Crippen LogP contribution in [0.5, 0.6) is 0 Å². The Labute approximate surface area is 132 Å². The molecular weight excluding hydrogens is 304 g/mol. The number of carbonyl (C=O) groups excluding carboxylic acids is 1. The Hall–Kier alpha value is -0.920. The molecule has 2 rings (SSSR count). The SMILES string of the molecule is O=C(CCS(=O)(=O)N1CCOCC1)NCCC1=CCCCC1. The van der Waals surface area contributed by atoms with Crippen molar-refractivity contribution in [3.63, 3.8) is 0 Å². The van der Waals surface area contributed by atoms with Gasteiger partial charge in [-0.2, -0.15) is 4.31 Å². The van der Waals surface area contributed by atoms with Crippen molar-refractivity contribution in [2.75, 3.05) is 38.6 Å². The maximum atomic E-state index is 12.1. The Morgan fingerprint density at radius 3 is 2.73 bits per heavy atom. The van der Waals surface area contributed by atoms with Crippen LogP contribution in [-0.4, -0.2) is 57.2 Å². The molecule has 0 radical (unpaired) electrons. The molecule has 0 bridgehead atoms. The van der Waals surface area contributed by atoms with Crippen molar-refractivity contribution in [1.82, 2.24) is 9.62 Å². The van der Waals surface area contributed by atoms with Gasteiger partial charge in [0.1, 0.15) is 0 Å². The third kappa shape index (κ3) is 5.70. The molecule has 6 nitrogen and oxygen atoms in total. The monoisotopic (exact) mass is 330 g/mol. The van der Waals surface area contributed by atoms with E-state index in [1.165, 1.54) is 22.7 Å². The van der Waals surface area contributed by atoms with Crippen molar-refractivity contribution in [2.45, 2.75) is 38.5 Å². The molecule has 0 spiro atoms. The highest BCUT2D eigenvalue weighted by Gasteiger charge is 2.24. The van der Waals surface area contributed by atoms with E-state index in [2.05, 4.69) is 11.4 Å². The molecule has 22 heavy (non-hydrogen) atoms. The van der Waals surface area contributed by atoms with Crippen LogP contribution < -0.4 is 5.32 Å². The van der Waals surface area contributed by atoms with E-state index in [0.29, 0.717) is 32.8 Å². The summed E-state index contributed by atoms with van der Waals surface area (Å²) in [6, 6.07) is 0. The molecule has 1 N–H and O–H groups in total. The molecule has 1 fully saturated rings. The first-order chi connectivity index (χ1) is 10.6. The molecule has 0 unspecified atom stereocenters. The summed E-state index contributed by atoms with van der Waals surface area (Å²) in [6.07, 6.45) is 7.93. The molecule has 1 amide bonds. The van der Waals surface area contributed by atoms with Crippen molar-refractivity contribution < 1.29 is 17.9 Å². The predicted octanol–water partition coefficient (Wildman–Crippen LogP) is 1.05. The standard InChI is InChI=1S/C15H26N2O4S/c18-15(16-8-6-14-4-2-1-3-5-14)7-13-22(19,20)17-9-11-21-12-10-17/h4H,1-3,5-13H2,(H,16,18). The lowest BCUT2D eigenvalue weighted by Crippen LogP contribution is -2.42. The number of morpholine rings is 1. The number of carbonyl (C=O) groups is 1. The molecule has 0 atom stereocenters. The minimum absolute atomic E-state index is 0.0265. The van der Waals surface area contributed by atoms with Crippen LogP contribution in [0.3, 0.4) is 0 Å². The maximum Gasteiger partial charge on any atom is 0.221 e. The minimum atomic E-state index is -3.34. The molecule has 7 heteroatoms. The van der Waals surface area contributed by atoms with Gasteiger partial charge in [0, 0.05) is 26.1 Å².